The number of nitrogens with one attached hydrogen (secondary N) is 1. The average molecular weight is 562 g/mol. The molecule has 10 nitrogen and oxygen atoms in total. The van der Waals surface area contributed by atoms with E-state index in [1.54, 1.807) is 18.2 Å². The van der Waals surface area contributed by atoms with Crippen LogP contribution in [-0.2, 0) is 9.59 Å². The van der Waals surface area contributed by atoms with Crippen molar-refractivity contribution in [2.75, 3.05) is 32.6 Å². The highest BCUT2D eigenvalue weighted by Gasteiger charge is 2.49. The topological polar surface area (TPSA) is 110 Å². The molecule has 2 aromatic carbocycles. The van der Waals surface area contributed by atoms with Crippen molar-refractivity contribution in [2.45, 2.75) is 25.7 Å². The minimum atomic E-state index is -1.18. The van der Waals surface area contributed by atoms with E-state index in [4.69, 9.17) is 14.2 Å². The number of urea groups is 1. The summed E-state index contributed by atoms with van der Waals surface area (Å²) in [5, 5.41) is 3.23. The quantitative estimate of drug-likeness (QED) is 0.285. The number of hydrogen-bond acceptors (Lipinski definition) is 7. The van der Waals surface area contributed by atoms with E-state index in [0.29, 0.717) is 47.2 Å². The highest BCUT2D eigenvalue weighted by atomic mass is 19.1. The molecule has 1 aromatic heterocycles. The van der Waals surface area contributed by atoms with Gasteiger partial charge in [0.05, 0.1) is 32.5 Å². The monoisotopic (exact) mass is 561 g/mol. The zero-order valence-corrected chi connectivity index (χ0v) is 22.8. The largest absolute Gasteiger partial charge is 0.500 e. The molecule has 11 heteroatoms. The average Bonchev–Trinajstić information content (AvgIpc) is 3.90. The molecule has 1 N–H and O–H groups in total. The Kier molecular flexibility index (Phi) is 7.02. The molecule has 0 saturated heterocycles. The minimum Gasteiger partial charge on any atom is -0.493 e. The van der Waals surface area contributed by atoms with Gasteiger partial charge in [0.2, 0.25) is 5.91 Å². The Bertz CT molecular complexity index is 1580. The lowest BCUT2D eigenvalue weighted by molar-refractivity contribution is -0.439. The van der Waals surface area contributed by atoms with Gasteiger partial charge in [-0.1, -0.05) is 0 Å². The van der Waals surface area contributed by atoms with Gasteiger partial charge in [-0.2, -0.15) is 9.69 Å². The summed E-state index contributed by atoms with van der Waals surface area (Å²) in [5.41, 5.74) is 0.731. The SMILES string of the molecule is COc1cc2nccc(Oc3ccc(NC(=O)C4C=[N+](CC5CC5)C(=O)N(CC5CC5)C4=O)cc3F)c2cc1OC. The zero-order chi connectivity index (χ0) is 28.7. The molecule has 41 heavy (non-hydrogen) atoms. The van der Waals surface area contributed by atoms with E-state index in [9.17, 15) is 14.4 Å². The minimum absolute atomic E-state index is 0.0672. The molecule has 0 spiro atoms. The van der Waals surface area contributed by atoms with Crippen LogP contribution in [0, 0.1) is 23.6 Å². The number of anilines is 1. The number of rotatable bonds is 10. The van der Waals surface area contributed by atoms with E-state index in [1.165, 1.54) is 48.2 Å². The normalized spacial score (nSPS) is 18.8. The molecule has 3 aromatic rings. The molecule has 1 atom stereocenters. The van der Waals surface area contributed by atoms with Gasteiger partial charge in [0.1, 0.15) is 12.3 Å². The van der Waals surface area contributed by atoms with Crippen molar-refractivity contribution in [3.63, 3.8) is 0 Å². The van der Waals surface area contributed by atoms with E-state index >= 15 is 4.39 Å². The maximum Gasteiger partial charge on any atom is 0.500 e. The Hall–Kier alpha value is -4.54. The third-order valence-electron chi connectivity index (χ3n) is 7.54. The third kappa shape index (κ3) is 5.57. The van der Waals surface area contributed by atoms with Gasteiger partial charge in [-0.25, -0.2) is 13.8 Å². The summed E-state index contributed by atoms with van der Waals surface area (Å²) < 4.78 is 33.2. The summed E-state index contributed by atoms with van der Waals surface area (Å²) in [4.78, 5) is 44.9. The molecule has 6 rings (SSSR count). The van der Waals surface area contributed by atoms with Crippen LogP contribution in [0.1, 0.15) is 25.7 Å². The number of amides is 4. The molecule has 0 radical (unpaired) electrons. The number of benzene rings is 2. The second-order valence-corrected chi connectivity index (χ2v) is 10.7. The van der Waals surface area contributed by atoms with Crippen LogP contribution in [0.3, 0.4) is 0 Å². The maximum atomic E-state index is 15.2. The molecular formula is C30H30FN4O6+. The predicted molar refractivity (Wildman–Crippen MR) is 147 cm³/mol. The van der Waals surface area contributed by atoms with Gasteiger partial charge in [-0.05, 0) is 61.8 Å². The number of nitrogens with zero attached hydrogens (tertiary/aromatic N) is 3. The fourth-order valence-electron chi connectivity index (χ4n) is 4.89. The highest BCUT2D eigenvalue weighted by molar-refractivity contribution is 6.20. The molecule has 2 saturated carbocycles. The molecule has 0 bridgehead atoms. The van der Waals surface area contributed by atoms with Crippen molar-refractivity contribution in [3.05, 3.63) is 48.4 Å². The van der Waals surface area contributed by atoms with Gasteiger partial charge >= 0.3 is 11.9 Å². The number of aromatic nitrogens is 1. The fourth-order valence-corrected chi connectivity index (χ4v) is 4.89. The summed E-state index contributed by atoms with van der Waals surface area (Å²) in [7, 11) is 3.04. The zero-order valence-electron chi connectivity index (χ0n) is 22.8. The second-order valence-electron chi connectivity index (χ2n) is 10.7. The number of carbonyl (C=O) groups excluding carboxylic acids is 3. The highest BCUT2D eigenvalue weighted by Crippen LogP contribution is 2.38. The Labute approximate surface area is 235 Å². The van der Waals surface area contributed by atoms with Crippen molar-refractivity contribution < 1.29 is 37.6 Å². The van der Waals surface area contributed by atoms with Crippen LogP contribution in [-0.4, -0.2) is 65.8 Å². The molecule has 2 fully saturated rings. The number of hydrogen-bond donors (Lipinski definition) is 1. The number of methoxy groups -OCH3 is 2. The van der Waals surface area contributed by atoms with E-state index in [2.05, 4.69) is 10.3 Å². The first-order valence-electron chi connectivity index (χ1n) is 13.6. The van der Waals surface area contributed by atoms with Crippen molar-refractivity contribution in [2.24, 2.45) is 17.8 Å². The molecular weight excluding hydrogens is 531 g/mol. The van der Waals surface area contributed by atoms with Crippen LogP contribution in [0.25, 0.3) is 10.9 Å². The lowest BCUT2D eigenvalue weighted by Crippen LogP contribution is -2.55. The lowest BCUT2D eigenvalue weighted by Gasteiger charge is -2.23. The first-order chi connectivity index (χ1) is 19.8. The smallest absolute Gasteiger partial charge is 0.493 e. The first kappa shape index (κ1) is 26.7. The fraction of sp³-hybridized carbons (Fsp3) is 0.367. The molecule has 1 unspecified atom stereocenters. The van der Waals surface area contributed by atoms with E-state index in [0.717, 1.165) is 31.7 Å². The standard InChI is InChI=1S/C30H29FN4O6/c1-39-26-12-20-23(13-27(26)40-2)32-10-9-24(20)41-25-8-7-19(11-22(25)31)33-28(36)21-16-34(14-17-3-4-17)30(38)35(29(21)37)15-18-5-6-18/h7-13,16-18,21H,3-6,14-15H2,1-2H3/p+1. The number of carbonyl (C=O) groups is 3. The summed E-state index contributed by atoms with van der Waals surface area (Å²) in [5.74, 6) is -1.15. The van der Waals surface area contributed by atoms with Gasteiger partial charge in [0.25, 0.3) is 0 Å². The second kappa shape index (κ2) is 10.8. The van der Waals surface area contributed by atoms with Gasteiger partial charge in [-0.3, -0.25) is 9.78 Å². The summed E-state index contributed by atoms with van der Waals surface area (Å²) >= 11 is 0. The Morgan fingerprint density at radius 2 is 1.73 bits per heavy atom. The van der Waals surface area contributed by atoms with E-state index in [1.807, 2.05) is 0 Å². The number of fused-ring (bicyclic) bond motifs is 1. The van der Waals surface area contributed by atoms with Crippen LogP contribution < -0.4 is 19.5 Å². The first-order valence-corrected chi connectivity index (χ1v) is 13.6. The number of pyridine rings is 1. The van der Waals surface area contributed by atoms with Crippen LogP contribution in [0.15, 0.2) is 42.6 Å². The summed E-state index contributed by atoms with van der Waals surface area (Å²) in [6.07, 6.45) is 6.92. The predicted octanol–water partition coefficient (Wildman–Crippen LogP) is 4.60. The summed E-state index contributed by atoms with van der Waals surface area (Å²) in [6, 6.07) is 8.65. The number of ether oxygens (including phenoxy) is 3. The molecule has 2 aliphatic carbocycles. The van der Waals surface area contributed by atoms with Gasteiger partial charge in [0.15, 0.2) is 29.0 Å². The van der Waals surface area contributed by atoms with Crippen molar-refractivity contribution in [1.82, 2.24) is 9.88 Å². The maximum absolute atomic E-state index is 15.2. The van der Waals surface area contributed by atoms with E-state index in [-0.39, 0.29) is 23.4 Å². The molecule has 3 aliphatic rings. The number of imide groups is 1. The van der Waals surface area contributed by atoms with Crippen molar-refractivity contribution >= 4 is 40.7 Å². The Morgan fingerprint density at radius 1 is 1.00 bits per heavy atom. The lowest BCUT2D eigenvalue weighted by atomic mass is 10.1. The van der Waals surface area contributed by atoms with Crippen LogP contribution in [0.4, 0.5) is 14.9 Å². The molecule has 212 valence electrons. The van der Waals surface area contributed by atoms with Gasteiger partial charge in [0, 0.05) is 29.4 Å². The van der Waals surface area contributed by atoms with Gasteiger partial charge < -0.3 is 19.5 Å². The van der Waals surface area contributed by atoms with E-state index < -0.39 is 23.5 Å². The Balaban J connectivity index is 1.21. The van der Waals surface area contributed by atoms with Crippen molar-refractivity contribution in [3.8, 4) is 23.0 Å². The molecule has 4 amide bonds. The van der Waals surface area contributed by atoms with Crippen LogP contribution >= 0.6 is 0 Å². The number of halogens is 1. The van der Waals surface area contributed by atoms with Crippen molar-refractivity contribution in [1.29, 1.82) is 0 Å². The Morgan fingerprint density at radius 3 is 2.41 bits per heavy atom. The van der Waals surface area contributed by atoms with Gasteiger partial charge in [-0.15, -0.1) is 0 Å². The molecule has 1 aliphatic heterocycles. The molecule has 2 heterocycles. The summed E-state index contributed by atoms with van der Waals surface area (Å²) in [6.45, 7) is 0.805. The van der Waals surface area contributed by atoms with Crippen LogP contribution in [0.2, 0.25) is 0 Å². The third-order valence-corrected chi connectivity index (χ3v) is 7.54. The van der Waals surface area contributed by atoms with Crippen LogP contribution in [0.5, 0.6) is 23.0 Å².